The van der Waals surface area contributed by atoms with E-state index in [9.17, 15) is 19.2 Å². The number of carboxylic acid groups (broad SMARTS) is 1. The molecule has 2 fully saturated rings. The fraction of sp³-hybridized carbons (Fsp3) is 0.630. The van der Waals surface area contributed by atoms with Gasteiger partial charge < -0.3 is 29.5 Å². The number of nitrogens with one attached hydrogen (secondary N) is 1. The summed E-state index contributed by atoms with van der Waals surface area (Å²) in [6.07, 6.45) is 5.84. The zero-order chi connectivity index (χ0) is 28.0. The number of hydrogen-bond acceptors (Lipinski definition) is 8. The summed E-state index contributed by atoms with van der Waals surface area (Å²) in [5.74, 6) is -2.10. The van der Waals surface area contributed by atoms with Crippen molar-refractivity contribution in [2.24, 2.45) is 16.8 Å². The molecule has 1 aromatic heterocycles. The topological polar surface area (TPSA) is 157 Å². The van der Waals surface area contributed by atoms with Crippen LogP contribution in [0.25, 0.3) is 0 Å². The number of rotatable bonds is 15. The van der Waals surface area contributed by atoms with Crippen LogP contribution in [0.4, 0.5) is 0 Å². The molecular formula is C27H38N4O8. The number of aliphatic carboxylic acids is 1. The van der Waals surface area contributed by atoms with Gasteiger partial charge in [-0.2, -0.15) is 0 Å². The van der Waals surface area contributed by atoms with E-state index in [1.165, 1.54) is 0 Å². The van der Waals surface area contributed by atoms with Gasteiger partial charge in [-0.15, -0.1) is 0 Å². The standard InChI is InChI=1S/C27H38N4O8/c1-31-24(33)17-22(25(31)20-3-2-9-28-18-20)26(34)29-10-12-38-14-16-39-15-13-37-11-8-23(32)30-21-6-4-19(5-7-21)27(35)36/h2-3,9,18-19,22,25H,4-8,10-17H2,1H3,(H,29,34)(H,35,36)/t19?,22-,25+/m0/s1. The lowest BCUT2D eigenvalue weighted by molar-refractivity contribution is -0.142. The van der Waals surface area contributed by atoms with E-state index in [1.54, 1.807) is 30.4 Å². The summed E-state index contributed by atoms with van der Waals surface area (Å²) in [5, 5.41) is 11.9. The van der Waals surface area contributed by atoms with Crippen molar-refractivity contribution in [3.05, 3.63) is 30.1 Å². The molecule has 3 amide bonds. The smallest absolute Gasteiger partial charge is 0.306 e. The van der Waals surface area contributed by atoms with Crippen molar-refractivity contribution in [3.8, 4) is 0 Å². The van der Waals surface area contributed by atoms with Gasteiger partial charge in [-0.25, -0.2) is 4.99 Å². The number of nitrogens with zero attached hydrogens (tertiary/aromatic N) is 3. The third-order valence-corrected chi connectivity index (χ3v) is 6.89. The number of aliphatic imine (C=N–C) groups is 1. The lowest BCUT2D eigenvalue weighted by atomic mass is 9.88. The van der Waals surface area contributed by atoms with E-state index in [2.05, 4.69) is 15.3 Å². The molecule has 1 aliphatic carbocycles. The molecule has 2 atom stereocenters. The van der Waals surface area contributed by atoms with Crippen molar-refractivity contribution in [1.82, 2.24) is 15.2 Å². The van der Waals surface area contributed by atoms with Gasteiger partial charge >= 0.3 is 5.97 Å². The summed E-state index contributed by atoms with van der Waals surface area (Å²) in [6, 6.07) is 3.33. The number of ether oxygens (including phenoxy) is 3. The second-order valence-electron chi connectivity index (χ2n) is 9.61. The summed E-state index contributed by atoms with van der Waals surface area (Å²) in [4.78, 5) is 57.6. The first-order valence-electron chi connectivity index (χ1n) is 13.4. The van der Waals surface area contributed by atoms with Crippen LogP contribution in [0.15, 0.2) is 29.5 Å². The van der Waals surface area contributed by atoms with Crippen LogP contribution in [0.5, 0.6) is 0 Å². The lowest BCUT2D eigenvalue weighted by Gasteiger charge is -2.24. The normalized spacial score (nSPS) is 21.2. The maximum Gasteiger partial charge on any atom is 0.306 e. The van der Waals surface area contributed by atoms with Gasteiger partial charge in [0.25, 0.3) is 0 Å². The summed E-state index contributed by atoms with van der Waals surface area (Å²) >= 11 is 0. The number of likely N-dealkylation sites (tertiary alicyclic amines) is 1. The Labute approximate surface area is 228 Å². The quantitative estimate of drug-likeness (QED) is 0.310. The van der Waals surface area contributed by atoms with E-state index >= 15 is 0 Å². The molecule has 1 aliphatic heterocycles. The molecule has 12 nitrogen and oxygen atoms in total. The Morgan fingerprint density at radius 1 is 1.08 bits per heavy atom. The van der Waals surface area contributed by atoms with Gasteiger partial charge in [-0.3, -0.25) is 24.2 Å². The summed E-state index contributed by atoms with van der Waals surface area (Å²) in [7, 11) is 1.70. The van der Waals surface area contributed by atoms with E-state index in [0.717, 1.165) is 11.3 Å². The number of amides is 3. The number of pyridine rings is 1. The Balaban J connectivity index is 1.17. The molecule has 12 heteroatoms. The predicted octanol–water partition coefficient (Wildman–Crippen LogP) is 1.40. The molecular weight excluding hydrogens is 508 g/mol. The number of hydrogen-bond donors (Lipinski definition) is 2. The average Bonchev–Trinajstić information content (AvgIpc) is 3.23. The summed E-state index contributed by atoms with van der Waals surface area (Å²) in [6.45, 7) is 2.32. The second kappa shape index (κ2) is 16.0. The van der Waals surface area contributed by atoms with Crippen molar-refractivity contribution < 1.29 is 38.5 Å². The molecule has 214 valence electrons. The van der Waals surface area contributed by atoms with E-state index < -0.39 is 11.9 Å². The SMILES string of the molecule is CN1C(=O)C[C@H](C(=O)NCCOCCOCCOCCC(=O)N=C2CCC(C(=O)O)CC2)[C@H]1c1cccnc1. The molecule has 1 saturated heterocycles. The lowest BCUT2D eigenvalue weighted by Crippen LogP contribution is -2.36. The van der Waals surface area contributed by atoms with Crippen molar-refractivity contribution in [1.29, 1.82) is 0 Å². The molecule has 0 unspecified atom stereocenters. The highest BCUT2D eigenvalue weighted by Crippen LogP contribution is 2.36. The van der Waals surface area contributed by atoms with Crippen LogP contribution in [-0.4, -0.2) is 97.6 Å². The first-order chi connectivity index (χ1) is 18.9. The first kappa shape index (κ1) is 30.3. The molecule has 2 aliphatic rings. The fourth-order valence-corrected chi connectivity index (χ4v) is 4.73. The maximum absolute atomic E-state index is 12.7. The number of carbonyl (C=O) groups is 4. The minimum Gasteiger partial charge on any atom is -0.481 e. The number of carboxylic acids is 1. The zero-order valence-electron chi connectivity index (χ0n) is 22.4. The molecule has 39 heavy (non-hydrogen) atoms. The highest BCUT2D eigenvalue weighted by atomic mass is 16.5. The molecule has 0 bridgehead atoms. The number of aromatic nitrogens is 1. The second-order valence-corrected chi connectivity index (χ2v) is 9.61. The molecule has 2 N–H and O–H groups in total. The molecule has 0 aromatic carbocycles. The van der Waals surface area contributed by atoms with Crippen LogP contribution in [0.2, 0.25) is 0 Å². The first-order valence-corrected chi connectivity index (χ1v) is 13.4. The Morgan fingerprint density at radius 2 is 1.74 bits per heavy atom. The third-order valence-electron chi connectivity index (χ3n) is 6.89. The Bertz CT molecular complexity index is 993. The van der Waals surface area contributed by atoms with Crippen LogP contribution in [-0.2, 0) is 33.4 Å². The minimum atomic E-state index is -0.783. The van der Waals surface area contributed by atoms with Crippen molar-refractivity contribution in [2.45, 2.75) is 44.6 Å². The predicted molar refractivity (Wildman–Crippen MR) is 140 cm³/mol. The van der Waals surface area contributed by atoms with Gasteiger partial charge in [0.1, 0.15) is 0 Å². The van der Waals surface area contributed by atoms with Gasteiger partial charge in [0.05, 0.1) is 63.9 Å². The monoisotopic (exact) mass is 546 g/mol. The summed E-state index contributed by atoms with van der Waals surface area (Å²) in [5.41, 5.74) is 1.61. The highest BCUT2D eigenvalue weighted by Gasteiger charge is 2.42. The van der Waals surface area contributed by atoms with Crippen molar-refractivity contribution in [3.63, 3.8) is 0 Å². The van der Waals surface area contributed by atoms with Gasteiger partial charge in [0.2, 0.25) is 17.7 Å². The maximum atomic E-state index is 12.7. The van der Waals surface area contributed by atoms with Gasteiger partial charge in [-0.05, 0) is 37.3 Å². The zero-order valence-corrected chi connectivity index (χ0v) is 22.4. The van der Waals surface area contributed by atoms with E-state index in [4.69, 9.17) is 19.3 Å². The van der Waals surface area contributed by atoms with Crippen LogP contribution in [0, 0.1) is 11.8 Å². The minimum absolute atomic E-state index is 0.0707. The van der Waals surface area contributed by atoms with E-state index in [1.807, 2.05) is 6.07 Å². The fourth-order valence-electron chi connectivity index (χ4n) is 4.73. The van der Waals surface area contributed by atoms with Crippen LogP contribution in [0.1, 0.15) is 50.1 Å². The molecule has 0 spiro atoms. The van der Waals surface area contributed by atoms with E-state index in [-0.39, 0.29) is 49.1 Å². The molecule has 0 radical (unpaired) electrons. The van der Waals surface area contributed by atoms with Crippen LogP contribution in [0.3, 0.4) is 0 Å². The largest absolute Gasteiger partial charge is 0.481 e. The van der Waals surface area contributed by atoms with Crippen LogP contribution >= 0.6 is 0 Å². The molecule has 1 saturated carbocycles. The number of carbonyl (C=O) groups excluding carboxylic acids is 3. The van der Waals surface area contributed by atoms with Crippen LogP contribution < -0.4 is 5.32 Å². The van der Waals surface area contributed by atoms with Gasteiger partial charge in [0.15, 0.2) is 0 Å². The van der Waals surface area contributed by atoms with Gasteiger partial charge in [-0.1, -0.05) is 6.07 Å². The summed E-state index contributed by atoms with van der Waals surface area (Å²) < 4.78 is 16.3. The molecule has 3 rings (SSSR count). The Kier molecular flexibility index (Phi) is 12.5. The Morgan fingerprint density at radius 3 is 2.38 bits per heavy atom. The highest BCUT2D eigenvalue weighted by molar-refractivity contribution is 5.96. The van der Waals surface area contributed by atoms with Crippen molar-refractivity contribution >= 4 is 29.4 Å². The van der Waals surface area contributed by atoms with Crippen molar-refractivity contribution in [2.75, 3.05) is 53.2 Å². The molecule has 2 heterocycles. The molecule has 1 aromatic rings. The van der Waals surface area contributed by atoms with Gasteiger partial charge in [0, 0.05) is 38.1 Å². The van der Waals surface area contributed by atoms with E-state index in [0.29, 0.717) is 65.3 Å². The third kappa shape index (κ3) is 9.79. The Hall–Kier alpha value is -3.22. The average molecular weight is 547 g/mol.